The molecule has 2 aliphatic carbocycles. The van der Waals surface area contributed by atoms with E-state index in [9.17, 15) is 0 Å². The molecule has 1 N–H and O–H groups in total. The average Bonchev–Trinajstić information content (AvgIpc) is 1.98. The highest BCUT2D eigenvalue weighted by Crippen LogP contribution is 2.53. The quantitative estimate of drug-likeness (QED) is 0.753. The molecule has 1 heterocycles. The summed E-state index contributed by atoms with van der Waals surface area (Å²) in [6.07, 6.45) is 10.3. The Morgan fingerprint density at radius 2 is 1.57 bits per heavy atom. The fourth-order valence-corrected chi connectivity index (χ4v) is 4.95. The zero-order chi connectivity index (χ0) is 9.43. The molecule has 0 unspecified atom stereocenters. The van der Waals surface area contributed by atoms with Gasteiger partial charge in [-0.25, -0.2) is 0 Å². The van der Waals surface area contributed by atoms with Crippen molar-refractivity contribution in [3.63, 3.8) is 0 Å². The number of rotatable bonds is 2. The summed E-state index contributed by atoms with van der Waals surface area (Å²) in [5, 5.41) is 3.90. The third kappa shape index (κ3) is 1.34. The molecule has 2 saturated carbocycles. The van der Waals surface area contributed by atoms with E-state index in [4.69, 9.17) is 0 Å². The molecule has 3 aliphatic rings. The van der Waals surface area contributed by atoms with Crippen LogP contribution in [0.3, 0.4) is 0 Å². The van der Waals surface area contributed by atoms with Crippen LogP contribution in [0.5, 0.6) is 0 Å². The fraction of sp³-hybridized carbons (Fsp3) is 1.00. The monoisotopic (exact) mass is 211 g/mol. The largest absolute Gasteiger partial charge is 0.302 e. The highest BCUT2D eigenvalue weighted by atomic mass is 32.2. The van der Waals surface area contributed by atoms with Crippen molar-refractivity contribution in [3.05, 3.63) is 0 Å². The van der Waals surface area contributed by atoms with E-state index in [-0.39, 0.29) is 0 Å². The summed E-state index contributed by atoms with van der Waals surface area (Å²) in [5.74, 6) is 3.43. The smallest absolute Gasteiger partial charge is 0.0702 e. The Kier molecular flexibility index (Phi) is 2.53. The van der Waals surface area contributed by atoms with E-state index in [2.05, 4.69) is 17.1 Å². The SMILES string of the molecule is C1CNC(C2CCC2)(C2CCC2)SC1. The van der Waals surface area contributed by atoms with E-state index >= 15 is 0 Å². The van der Waals surface area contributed by atoms with Crippen LogP contribution in [-0.2, 0) is 0 Å². The molecule has 0 aromatic heterocycles. The summed E-state index contributed by atoms with van der Waals surface area (Å²) < 4.78 is 0. The normalized spacial score (nSPS) is 33.4. The predicted octanol–water partition coefficient (Wildman–Crippen LogP) is 3.01. The predicted molar refractivity (Wildman–Crippen MR) is 62.5 cm³/mol. The van der Waals surface area contributed by atoms with Crippen LogP contribution in [0.2, 0.25) is 0 Å². The molecule has 3 rings (SSSR count). The Labute approximate surface area is 91.4 Å². The Hall–Kier alpha value is 0.310. The van der Waals surface area contributed by atoms with Gasteiger partial charge >= 0.3 is 0 Å². The highest BCUT2D eigenvalue weighted by Gasteiger charge is 2.50. The van der Waals surface area contributed by atoms with Crippen molar-refractivity contribution in [3.8, 4) is 0 Å². The van der Waals surface area contributed by atoms with Crippen LogP contribution >= 0.6 is 11.8 Å². The number of nitrogens with one attached hydrogen (secondary N) is 1. The van der Waals surface area contributed by atoms with Crippen molar-refractivity contribution in [1.82, 2.24) is 5.32 Å². The summed E-state index contributed by atoms with van der Waals surface area (Å²) in [6.45, 7) is 1.28. The van der Waals surface area contributed by atoms with Crippen molar-refractivity contribution < 1.29 is 0 Å². The Morgan fingerprint density at radius 3 is 1.93 bits per heavy atom. The summed E-state index contributed by atoms with van der Waals surface area (Å²) in [5.41, 5.74) is 0. The van der Waals surface area contributed by atoms with E-state index < -0.39 is 0 Å². The maximum atomic E-state index is 3.90. The van der Waals surface area contributed by atoms with Gasteiger partial charge < -0.3 is 5.32 Å². The molecule has 0 atom stereocenters. The lowest BCUT2D eigenvalue weighted by Crippen LogP contribution is -2.60. The van der Waals surface area contributed by atoms with Gasteiger partial charge in [-0.3, -0.25) is 0 Å². The van der Waals surface area contributed by atoms with Crippen molar-refractivity contribution >= 4 is 11.8 Å². The molecular weight excluding hydrogens is 190 g/mol. The minimum Gasteiger partial charge on any atom is -0.302 e. The number of hydrogen-bond acceptors (Lipinski definition) is 2. The molecule has 1 saturated heterocycles. The van der Waals surface area contributed by atoms with Crippen LogP contribution in [0, 0.1) is 11.8 Å². The molecule has 0 bridgehead atoms. The van der Waals surface area contributed by atoms with Crippen LogP contribution in [0.25, 0.3) is 0 Å². The molecule has 0 amide bonds. The Balaban J connectivity index is 1.76. The molecule has 80 valence electrons. The second-order valence-electron chi connectivity index (χ2n) is 5.18. The van der Waals surface area contributed by atoms with Gasteiger partial charge in [0.15, 0.2) is 0 Å². The summed E-state index contributed by atoms with van der Waals surface area (Å²) in [6, 6.07) is 0. The summed E-state index contributed by atoms with van der Waals surface area (Å²) in [7, 11) is 0. The van der Waals surface area contributed by atoms with Gasteiger partial charge in [0, 0.05) is 0 Å². The minimum atomic E-state index is 0.536. The Bertz CT molecular complexity index is 186. The van der Waals surface area contributed by atoms with E-state index in [1.807, 2.05) is 0 Å². The second kappa shape index (κ2) is 3.71. The first kappa shape index (κ1) is 9.53. The minimum absolute atomic E-state index is 0.536. The topological polar surface area (TPSA) is 12.0 Å². The fourth-order valence-electron chi connectivity index (χ4n) is 3.18. The first-order valence-electron chi connectivity index (χ1n) is 6.31. The average molecular weight is 211 g/mol. The summed E-state index contributed by atoms with van der Waals surface area (Å²) >= 11 is 2.27. The van der Waals surface area contributed by atoms with Crippen molar-refractivity contribution in [1.29, 1.82) is 0 Å². The van der Waals surface area contributed by atoms with Crippen LogP contribution in [-0.4, -0.2) is 17.2 Å². The van der Waals surface area contributed by atoms with Crippen molar-refractivity contribution in [2.75, 3.05) is 12.3 Å². The van der Waals surface area contributed by atoms with E-state index in [1.54, 1.807) is 0 Å². The van der Waals surface area contributed by atoms with Crippen LogP contribution in [0.1, 0.15) is 44.9 Å². The van der Waals surface area contributed by atoms with Crippen LogP contribution < -0.4 is 5.32 Å². The van der Waals surface area contributed by atoms with Gasteiger partial charge in [0.2, 0.25) is 0 Å². The van der Waals surface area contributed by atoms with Crippen LogP contribution in [0.4, 0.5) is 0 Å². The Morgan fingerprint density at radius 1 is 0.929 bits per heavy atom. The van der Waals surface area contributed by atoms with Gasteiger partial charge in [0.1, 0.15) is 0 Å². The first-order valence-corrected chi connectivity index (χ1v) is 7.29. The van der Waals surface area contributed by atoms with Crippen molar-refractivity contribution in [2.24, 2.45) is 11.8 Å². The van der Waals surface area contributed by atoms with Gasteiger partial charge in [-0.05, 0) is 56.2 Å². The third-order valence-corrected chi connectivity index (χ3v) is 6.27. The lowest BCUT2D eigenvalue weighted by Gasteiger charge is -2.55. The van der Waals surface area contributed by atoms with E-state index in [1.165, 1.54) is 57.2 Å². The molecule has 0 radical (unpaired) electrons. The maximum absolute atomic E-state index is 3.90. The highest BCUT2D eigenvalue weighted by molar-refractivity contribution is 8.00. The van der Waals surface area contributed by atoms with Gasteiger partial charge in [0.05, 0.1) is 4.87 Å². The zero-order valence-electron chi connectivity index (χ0n) is 8.93. The summed E-state index contributed by atoms with van der Waals surface area (Å²) in [4.78, 5) is 0.536. The molecular formula is C12H21NS. The number of thioether (sulfide) groups is 1. The zero-order valence-corrected chi connectivity index (χ0v) is 9.74. The molecule has 2 heteroatoms. The van der Waals surface area contributed by atoms with Crippen molar-refractivity contribution in [2.45, 2.75) is 49.8 Å². The van der Waals surface area contributed by atoms with Crippen LogP contribution in [0.15, 0.2) is 0 Å². The second-order valence-corrected chi connectivity index (χ2v) is 6.55. The molecule has 1 aliphatic heterocycles. The van der Waals surface area contributed by atoms with Gasteiger partial charge in [-0.1, -0.05) is 12.8 Å². The first-order chi connectivity index (χ1) is 6.92. The van der Waals surface area contributed by atoms with E-state index in [0.717, 1.165) is 11.8 Å². The molecule has 14 heavy (non-hydrogen) atoms. The maximum Gasteiger partial charge on any atom is 0.0702 e. The standard InChI is InChI=1S/C12H21NS/c1-4-10(5-1)12(11-6-2-7-11)13-8-3-9-14-12/h10-11,13H,1-9H2. The van der Waals surface area contributed by atoms with Gasteiger partial charge in [-0.2, -0.15) is 0 Å². The molecule has 0 spiro atoms. The lowest BCUT2D eigenvalue weighted by atomic mass is 9.67. The number of hydrogen-bond donors (Lipinski definition) is 1. The van der Waals surface area contributed by atoms with E-state index in [0.29, 0.717) is 4.87 Å². The molecule has 1 nitrogen and oxygen atoms in total. The lowest BCUT2D eigenvalue weighted by molar-refractivity contribution is 0.0946. The molecule has 0 aromatic carbocycles. The molecule has 0 aromatic rings. The van der Waals surface area contributed by atoms with Gasteiger partial charge in [0.25, 0.3) is 0 Å². The third-order valence-electron chi connectivity index (χ3n) is 4.49. The molecule has 3 fully saturated rings. The van der Waals surface area contributed by atoms with Gasteiger partial charge in [-0.15, -0.1) is 11.8 Å².